The number of carbonyl (C=O) groups excluding carboxylic acids is 1. The Bertz CT molecular complexity index is 649. The van der Waals surface area contributed by atoms with Crippen molar-refractivity contribution in [3.8, 4) is 0 Å². The molecule has 2 heterocycles. The Kier molecular flexibility index (Phi) is 5.54. The van der Waals surface area contributed by atoms with Crippen molar-refractivity contribution in [2.45, 2.75) is 30.6 Å². The summed E-state index contributed by atoms with van der Waals surface area (Å²) < 4.78 is 46.8. The summed E-state index contributed by atoms with van der Waals surface area (Å²) in [6.07, 6.45) is -0.954. The molecule has 0 saturated carbocycles. The van der Waals surface area contributed by atoms with Crippen LogP contribution < -0.4 is 17.3 Å². The number of piperidine rings is 1. The van der Waals surface area contributed by atoms with Gasteiger partial charge in [0.05, 0.1) is 20.2 Å². The van der Waals surface area contributed by atoms with E-state index in [0.29, 0.717) is 11.3 Å². The minimum absolute atomic E-state index is 0. The van der Waals surface area contributed by atoms with E-state index in [4.69, 9.17) is 0 Å². The van der Waals surface area contributed by atoms with Gasteiger partial charge in [0, 0.05) is 12.3 Å². The maximum absolute atomic E-state index is 14.1. The van der Waals surface area contributed by atoms with Crippen molar-refractivity contribution >= 4 is 5.97 Å². The number of carbonyl (C=O) groups is 1. The minimum atomic E-state index is -4.52. The maximum Gasteiger partial charge on any atom is 0.449 e. The molecular formula is C18H21ClF3NO2. The number of likely N-dealkylation sites (N-methyl/N-ethyl adjacent to an activating group) is 1. The average molecular weight is 376 g/mol. The number of rotatable bonds is 3. The van der Waals surface area contributed by atoms with Gasteiger partial charge in [-0.2, -0.15) is 13.2 Å². The fourth-order valence-electron chi connectivity index (χ4n) is 4.37. The maximum atomic E-state index is 14.1. The topological polar surface area (TPSA) is 30.7 Å². The fourth-order valence-corrected chi connectivity index (χ4v) is 4.37. The Morgan fingerprint density at radius 3 is 2.52 bits per heavy atom. The molecule has 25 heavy (non-hydrogen) atoms. The molecule has 0 amide bonds. The SMILES string of the molecule is COC(=O)[C@H]1C[C@H]2C=C[C@]1(C(F)(F)F)[NH+](C)[C@@H]2Cc1ccccc1.[Cl-]. The lowest BCUT2D eigenvalue weighted by molar-refractivity contribution is -0.978. The first-order chi connectivity index (χ1) is 11.3. The van der Waals surface area contributed by atoms with Crippen molar-refractivity contribution in [1.29, 1.82) is 0 Å². The van der Waals surface area contributed by atoms with Crippen LogP contribution in [0.2, 0.25) is 0 Å². The van der Waals surface area contributed by atoms with Crippen molar-refractivity contribution in [2.75, 3.05) is 14.2 Å². The van der Waals surface area contributed by atoms with Gasteiger partial charge in [0.25, 0.3) is 0 Å². The third kappa shape index (κ3) is 3.06. The summed E-state index contributed by atoms with van der Waals surface area (Å²) >= 11 is 0. The summed E-state index contributed by atoms with van der Waals surface area (Å²) in [6.45, 7) is 0. The van der Waals surface area contributed by atoms with E-state index in [1.807, 2.05) is 30.3 Å². The molecule has 2 bridgehead atoms. The number of quaternary nitrogens is 1. The molecule has 2 aliphatic heterocycles. The number of ether oxygens (including phenoxy) is 1. The number of benzene rings is 1. The van der Waals surface area contributed by atoms with E-state index < -0.39 is 23.6 Å². The van der Waals surface area contributed by atoms with Crippen LogP contribution in [0.3, 0.4) is 0 Å². The van der Waals surface area contributed by atoms with Gasteiger partial charge < -0.3 is 22.0 Å². The van der Waals surface area contributed by atoms with Gasteiger partial charge in [-0.3, -0.25) is 4.79 Å². The second-order valence-electron chi connectivity index (χ2n) is 6.68. The standard InChI is InChI=1S/C18H20F3NO2.ClH/c1-22-15(10-12-6-4-3-5-7-12)13-8-9-17(22,18(19,20)21)14(11-13)16(23)24-2;/h3-9,13-15H,10-11H2,1-2H3;1H/t13-,14-,15-,17+;/m1./s1. The Hall–Kier alpha value is -1.53. The zero-order valence-corrected chi connectivity index (χ0v) is 14.8. The highest BCUT2D eigenvalue weighted by molar-refractivity contribution is 5.75. The van der Waals surface area contributed by atoms with Gasteiger partial charge in [-0.1, -0.05) is 36.4 Å². The Morgan fingerprint density at radius 1 is 1.32 bits per heavy atom. The van der Waals surface area contributed by atoms with Gasteiger partial charge in [0.2, 0.25) is 5.54 Å². The van der Waals surface area contributed by atoms with E-state index in [-0.39, 0.29) is 30.8 Å². The highest BCUT2D eigenvalue weighted by atomic mass is 35.5. The third-order valence-electron chi connectivity index (χ3n) is 5.64. The number of methoxy groups -OCH3 is 1. The van der Waals surface area contributed by atoms with Crippen LogP contribution in [0.5, 0.6) is 0 Å². The lowest BCUT2D eigenvalue weighted by atomic mass is 9.64. The highest BCUT2D eigenvalue weighted by Crippen LogP contribution is 2.46. The number of halogens is 4. The molecular weight excluding hydrogens is 355 g/mol. The van der Waals surface area contributed by atoms with E-state index in [0.717, 1.165) is 12.7 Å². The molecule has 1 aromatic rings. The molecule has 7 heteroatoms. The molecule has 3 nitrogen and oxygen atoms in total. The molecule has 1 aromatic carbocycles. The van der Waals surface area contributed by atoms with E-state index in [2.05, 4.69) is 4.74 Å². The first-order valence-electron chi connectivity index (χ1n) is 8.03. The van der Waals surface area contributed by atoms with Crippen LogP contribution in [0.1, 0.15) is 12.0 Å². The Labute approximate surface area is 151 Å². The second kappa shape index (κ2) is 7.00. The lowest BCUT2D eigenvalue weighted by Gasteiger charge is -2.54. The largest absolute Gasteiger partial charge is 1.00 e. The van der Waals surface area contributed by atoms with Crippen LogP contribution in [-0.4, -0.2) is 37.9 Å². The first kappa shape index (κ1) is 19.8. The average Bonchev–Trinajstić information content (AvgIpc) is 2.57. The van der Waals surface area contributed by atoms with Crippen LogP contribution in [0.4, 0.5) is 13.2 Å². The molecule has 138 valence electrons. The van der Waals surface area contributed by atoms with Gasteiger partial charge >= 0.3 is 12.1 Å². The molecule has 0 spiro atoms. The summed E-state index contributed by atoms with van der Waals surface area (Å²) in [5.41, 5.74) is -1.20. The molecule has 1 fully saturated rings. The van der Waals surface area contributed by atoms with Gasteiger partial charge in [0.15, 0.2) is 0 Å². The molecule has 0 aromatic heterocycles. The van der Waals surface area contributed by atoms with Crippen LogP contribution in [0.15, 0.2) is 42.5 Å². The van der Waals surface area contributed by atoms with Gasteiger partial charge in [-0.15, -0.1) is 0 Å². The summed E-state index contributed by atoms with van der Waals surface area (Å²) in [5.74, 6) is -2.04. The van der Waals surface area contributed by atoms with Crippen LogP contribution in [-0.2, 0) is 16.0 Å². The number of esters is 1. The quantitative estimate of drug-likeness (QED) is 0.531. The van der Waals surface area contributed by atoms with Gasteiger partial charge in [-0.25, -0.2) is 0 Å². The second-order valence-corrected chi connectivity index (χ2v) is 6.68. The van der Waals surface area contributed by atoms with Crippen molar-refractivity contribution in [3.05, 3.63) is 48.0 Å². The predicted molar refractivity (Wildman–Crippen MR) is 82.4 cm³/mol. The molecule has 1 unspecified atom stereocenters. The zero-order valence-electron chi connectivity index (χ0n) is 14.0. The lowest BCUT2D eigenvalue weighted by Crippen LogP contribution is -3.26. The molecule has 0 radical (unpaired) electrons. The van der Waals surface area contributed by atoms with Gasteiger partial charge in [0.1, 0.15) is 5.92 Å². The number of nitrogens with one attached hydrogen (secondary N) is 1. The summed E-state index contributed by atoms with van der Waals surface area (Å²) in [4.78, 5) is 12.4. The van der Waals surface area contributed by atoms with Crippen molar-refractivity contribution in [3.63, 3.8) is 0 Å². The number of hydrogen-bond acceptors (Lipinski definition) is 2. The van der Waals surface area contributed by atoms with Crippen molar-refractivity contribution < 1.29 is 40.0 Å². The minimum Gasteiger partial charge on any atom is -1.00 e. The summed E-state index contributed by atoms with van der Waals surface area (Å²) in [7, 11) is 2.70. The molecule has 3 aliphatic rings. The number of fused-ring (bicyclic) bond motifs is 2. The highest BCUT2D eigenvalue weighted by Gasteiger charge is 2.72. The van der Waals surface area contributed by atoms with E-state index in [1.54, 1.807) is 13.1 Å². The number of alkyl halides is 3. The molecule has 1 aliphatic carbocycles. The Morgan fingerprint density at radius 2 is 1.96 bits per heavy atom. The molecule has 5 atom stereocenters. The first-order valence-corrected chi connectivity index (χ1v) is 8.03. The number of hydrogen-bond donors (Lipinski definition) is 1. The third-order valence-corrected chi connectivity index (χ3v) is 5.64. The van der Waals surface area contributed by atoms with Crippen molar-refractivity contribution in [2.24, 2.45) is 11.8 Å². The van der Waals surface area contributed by atoms with Crippen LogP contribution in [0, 0.1) is 11.8 Å². The van der Waals surface area contributed by atoms with Crippen LogP contribution >= 0.6 is 0 Å². The Balaban J connectivity index is 0.00000225. The van der Waals surface area contributed by atoms with Crippen molar-refractivity contribution in [1.82, 2.24) is 0 Å². The van der Waals surface area contributed by atoms with E-state index in [9.17, 15) is 18.0 Å². The zero-order chi connectivity index (χ0) is 17.5. The normalized spacial score (nSPS) is 33.6. The summed E-state index contributed by atoms with van der Waals surface area (Å²) in [5, 5.41) is 0. The molecule has 1 saturated heterocycles. The monoisotopic (exact) mass is 375 g/mol. The smallest absolute Gasteiger partial charge is 0.449 e. The summed E-state index contributed by atoms with van der Waals surface area (Å²) in [6, 6.07) is 9.29. The molecule has 1 N–H and O–H groups in total. The van der Waals surface area contributed by atoms with Gasteiger partial charge in [-0.05, 0) is 18.1 Å². The van der Waals surface area contributed by atoms with Crippen LogP contribution in [0.25, 0.3) is 0 Å². The van der Waals surface area contributed by atoms with E-state index >= 15 is 0 Å². The van der Waals surface area contributed by atoms with E-state index in [1.165, 1.54) is 6.08 Å². The molecule has 4 rings (SSSR count). The predicted octanol–water partition coefficient (Wildman–Crippen LogP) is -1.20. The fraction of sp³-hybridized carbons (Fsp3) is 0.500.